The number of carbonyl (C=O) groups excluding carboxylic acids is 1. The summed E-state index contributed by atoms with van der Waals surface area (Å²) in [6, 6.07) is 6.95. The van der Waals surface area contributed by atoms with Crippen LogP contribution in [0, 0.1) is 10.1 Å². The van der Waals surface area contributed by atoms with Crippen LogP contribution in [0.25, 0.3) is 6.08 Å². The molecule has 0 bridgehead atoms. The molecule has 0 aliphatic heterocycles. The average molecular weight is 235 g/mol. The smallest absolute Gasteiger partial charge is 0.309 e. The van der Waals surface area contributed by atoms with E-state index < -0.39 is 4.92 Å². The Hall–Kier alpha value is -2.17. The van der Waals surface area contributed by atoms with Crippen molar-refractivity contribution in [3.8, 4) is 0 Å². The van der Waals surface area contributed by atoms with Crippen molar-refractivity contribution in [1.29, 1.82) is 0 Å². The van der Waals surface area contributed by atoms with Gasteiger partial charge in [-0.15, -0.1) is 0 Å². The topological polar surface area (TPSA) is 69.4 Å². The molecular weight excluding hydrogens is 222 g/mol. The second kappa shape index (κ2) is 5.79. The lowest BCUT2D eigenvalue weighted by Gasteiger charge is -2.00. The first-order valence-corrected chi connectivity index (χ1v) is 5.01. The number of hydrogen-bond acceptors (Lipinski definition) is 4. The van der Waals surface area contributed by atoms with Gasteiger partial charge in [-0.2, -0.15) is 0 Å². The first-order chi connectivity index (χ1) is 8.02. The summed E-state index contributed by atoms with van der Waals surface area (Å²) in [5.74, 6) is -0.310. The second-order valence-corrected chi connectivity index (χ2v) is 3.54. The Bertz CT molecular complexity index is 448. The molecule has 0 saturated heterocycles. The maximum absolute atomic E-state index is 11.0. The number of benzene rings is 1. The van der Waals surface area contributed by atoms with E-state index in [9.17, 15) is 14.9 Å². The molecular formula is C12H13NO4. The van der Waals surface area contributed by atoms with Crippen molar-refractivity contribution < 1.29 is 14.5 Å². The van der Waals surface area contributed by atoms with Crippen LogP contribution in [0.1, 0.15) is 18.1 Å². The molecule has 0 amide bonds. The molecule has 0 aliphatic rings. The van der Waals surface area contributed by atoms with Crippen LogP contribution < -0.4 is 0 Å². The van der Waals surface area contributed by atoms with Crippen molar-refractivity contribution in [2.75, 3.05) is 7.11 Å². The first-order valence-electron chi connectivity index (χ1n) is 5.01. The minimum absolute atomic E-state index is 0.0747. The van der Waals surface area contributed by atoms with Gasteiger partial charge in [-0.3, -0.25) is 14.9 Å². The molecule has 0 heterocycles. The number of methoxy groups -OCH3 is 1. The Morgan fingerprint density at radius 1 is 1.41 bits per heavy atom. The number of rotatable bonds is 4. The van der Waals surface area contributed by atoms with Gasteiger partial charge in [0, 0.05) is 13.0 Å². The van der Waals surface area contributed by atoms with E-state index in [0.29, 0.717) is 0 Å². The highest BCUT2D eigenvalue weighted by Crippen LogP contribution is 2.10. The number of esters is 1. The molecule has 0 saturated carbocycles. The predicted molar refractivity (Wildman–Crippen MR) is 62.8 cm³/mol. The molecule has 0 atom stereocenters. The summed E-state index contributed by atoms with van der Waals surface area (Å²) in [5, 5.41) is 10.4. The molecule has 90 valence electrons. The minimum Gasteiger partial charge on any atom is -0.469 e. The van der Waals surface area contributed by atoms with Crippen molar-refractivity contribution in [2.24, 2.45) is 0 Å². The average Bonchev–Trinajstić information content (AvgIpc) is 2.31. The molecule has 5 nitrogen and oxygen atoms in total. The van der Waals surface area contributed by atoms with Crippen molar-refractivity contribution >= 4 is 12.0 Å². The third-order valence-corrected chi connectivity index (χ3v) is 2.22. The Balaban J connectivity index is 2.78. The Morgan fingerprint density at radius 3 is 2.47 bits per heavy atom. The van der Waals surface area contributed by atoms with E-state index in [1.807, 2.05) is 0 Å². The summed E-state index contributed by atoms with van der Waals surface area (Å²) in [6.07, 6.45) is 1.68. The van der Waals surface area contributed by atoms with Crippen LogP contribution in [0.2, 0.25) is 0 Å². The highest BCUT2D eigenvalue weighted by molar-refractivity contribution is 5.72. The Labute approximate surface area is 98.9 Å². The van der Waals surface area contributed by atoms with Crippen LogP contribution in [0.4, 0.5) is 0 Å². The SMILES string of the molecule is COC(=O)Cc1ccc(C=C(C)[N+](=O)[O-])cc1. The minimum atomic E-state index is -0.442. The zero-order chi connectivity index (χ0) is 12.8. The Morgan fingerprint density at radius 2 is 2.00 bits per heavy atom. The van der Waals surface area contributed by atoms with Crippen molar-refractivity contribution in [3.05, 3.63) is 51.2 Å². The molecule has 1 aromatic rings. The van der Waals surface area contributed by atoms with Gasteiger partial charge in [-0.05, 0) is 11.1 Å². The number of nitro groups is 1. The largest absolute Gasteiger partial charge is 0.469 e. The van der Waals surface area contributed by atoms with Gasteiger partial charge in [0.15, 0.2) is 0 Å². The summed E-state index contributed by atoms with van der Waals surface area (Å²) in [4.78, 5) is 21.0. The van der Waals surface area contributed by atoms with Crippen LogP contribution in [-0.4, -0.2) is 18.0 Å². The van der Waals surface area contributed by atoms with Crippen LogP contribution in [-0.2, 0) is 16.0 Å². The normalized spacial score (nSPS) is 11.1. The fourth-order valence-electron chi connectivity index (χ4n) is 1.26. The van der Waals surface area contributed by atoms with E-state index in [-0.39, 0.29) is 18.1 Å². The van der Waals surface area contributed by atoms with E-state index in [4.69, 9.17) is 0 Å². The summed E-state index contributed by atoms with van der Waals surface area (Å²) >= 11 is 0. The molecule has 0 spiro atoms. The van der Waals surface area contributed by atoms with Gasteiger partial charge in [0.05, 0.1) is 18.5 Å². The lowest BCUT2D eigenvalue weighted by molar-refractivity contribution is -0.422. The number of ether oxygens (including phenoxy) is 1. The molecule has 0 aromatic heterocycles. The molecule has 0 unspecified atom stereocenters. The summed E-state index contributed by atoms with van der Waals surface area (Å²) in [5.41, 5.74) is 1.62. The molecule has 0 radical (unpaired) electrons. The van der Waals surface area contributed by atoms with Gasteiger partial charge in [0.1, 0.15) is 0 Å². The second-order valence-electron chi connectivity index (χ2n) is 3.54. The van der Waals surface area contributed by atoms with Crippen molar-refractivity contribution in [2.45, 2.75) is 13.3 Å². The Kier molecular flexibility index (Phi) is 4.39. The fraction of sp³-hybridized carbons (Fsp3) is 0.250. The van der Waals surface area contributed by atoms with Crippen LogP contribution in [0.5, 0.6) is 0 Å². The summed E-state index contributed by atoms with van der Waals surface area (Å²) in [7, 11) is 1.33. The van der Waals surface area contributed by atoms with Crippen LogP contribution >= 0.6 is 0 Å². The van der Waals surface area contributed by atoms with E-state index in [2.05, 4.69) is 4.74 Å². The molecule has 0 N–H and O–H groups in total. The standard InChI is InChI=1S/C12H13NO4/c1-9(13(15)16)7-10-3-5-11(6-4-10)8-12(14)17-2/h3-7H,8H2,1-2H3. The third-order valence-electron chi connectivity index (χ3n) is 2.22. The third kappa shape index (κ3) is 4.06. The highest BCUT2D eigenvalue weighted by atomic mass is 16.6. The highest BCUT2D eigenvalue weighted by Gasteiger charge is 2.04. The lowest BCUT2D eigenvalue weighted by atomic mass is 10.1. The number of hydrogen-bond donors (Lipinski definition) is 0. The predicted octanol–water partition coefficient (Wildman–Crippen LogP) is 2.04. The number of carbonyl (C=O) groups is 1. The van der Waals surface area contributed by atoms with Gasteiger partial charge in [-0.1, -0.05) is 24.3 Å². The quantitative estimate of drug-likeness (QED) is 0.455. The zero-order valence-electron chi connectivity index (χ0n) is 9.67. The van der Waals surface area contributed by atoms with Crippen LogP contribution in [0.15, 0.2) is 30.0 Å². The maximum Gasteiger partial charge on any atom is 0.309 e. The van der Waals surface area contributed by atoms with E-state index in [0.717, 1.165) is 11.1 Å². The zero-order valence-corrected chi connectivity index (χ0v) is 9.67. The number of nitrogens with zero attached hydrogens (tertiary/aromatic N) is 1. The fourth-order valence-corrected chi connectivity index (χ4v) is 1.26. The van der Waals surface area contributed by atoms with Gasteiger partial charge >= 0.3 is 5.97 Å². The summed E-state index contributed by atoms with van der Waals surface area (Å²) < 4.78 is 4.54. The van der Waals surface area contributed by atoms with E-state index in [1.54, 1.807) is 24.3 Å². The van der Waals surface area contributed by atoms with Crippen molar-refractivity contribution in [1.82, 2.24) is 0 Å². The monoisotopic (exact) mass is 235 g/mol. The molecule has 0 fully saturated rings. The van der Waals surface area contributed by atoms with Gasteiger partial charge in [-0.25, -0.2) is 0 Å². The van der Waals surface area contributed by atoms with E-state index >= 15 is 0 Å². The number of allylic oxidation sites excluding steroid dienone is 1. The summed E-state index contributed by atoms with van der Waals surface area (Å²) in [6.45, 7) is 1.43. The molecule has 0 aliphatic carbocycles. The van der Waals surface area contributed by atoms with Gasteiger partial charge < -0.3 is 4.74 Å². The van der Waals surface area contributed by atoms with Crippen LogP contribution in [0.3, 0.4) is 0 Å². The first kappa shape index (κ1) is 12.9. The van der Waals surface area contributed by atoms with E-state index in [1.165, 1.54) is 20.1 Å². The molecule has 5 heteroatoms. The molecule has 1 rings (SSSR count). The van der Waals surface area contributed by atoms with Gasteiger partial charge in [0.25, 0.3) is 0 Å². The van der Waals surface area contributed by atoms with Gasteiger partial charge in [0.2, 0.25) is 5.70 Å². The lowest BCUT2D eigenvalue weighted by Crippen LogP contribution is -2.04. The molecule has 1 aromatic carbocycles. The maximum atomic E-state index is 11.0. The molecule has 17 heavy (non-hydrogen) atoms. The van der Waals surface area contributed by atoms with Crippen molar-refractivity contribution in [3.63, 3.8) is 0 Å².